The van der Waals surface area contributed by atoms with E-state index < -0.39 is 5.97 Å². The number of aromatic carboxylic acids is 1. The van der Waals surface area contributed by atoms with E-state index in [1.807, 2.05) is 26.8 Å². The zero-order valence-electron chi connectivity index (χ0n) is 17.0. The minimum absolute atomic E-state index is 0.00335. The third kappa shape index (κ3) is 5.02. The van der Waals surface area contributed by atoms with Crippen molar-refractivity contribution in [1.82, 2.24) is 10.2 Å². The van der Waals surface area contributed by atoms with E-state index in [1.54, 1.807) is 41.3 Å². The first-order valence-corrected chi connectivity index (χ1v) is 9.67. The van der Waals surface area contributed by atoms with Gasteiger partial charge in [0, 0.05) is 30.8 Å². The summed E-state index contributed by atoms with van der Waals surface area (Å²) in [5, 5.41) is 12.1. The number of carbonyl (C=O) groups is 3. The molecule has 0 spiro atoms. The fraction of sp³-hybridized carbons (Fsp3) is 0.348. The first-order chi connectivity index (χ1) is 13.6. The molecule has 1 aliphatic rings. The number of hydrogen-bond donors (Lipinski definition) is 2. The van der Waals surface area contributed by atoms with Crippen LogP contribution in [0.1, 0.15) is 63.0 Å². The van der Waals surface area contributed by atoms with Crippen molar-refractivity contribution in [3.05, 3.63) is 70.3 Å². The van der Waals surface area contributed by atoms with E-state index >= 15 is 0 Å². The van der Waals surface area contributed by atoms with Gasteiger partial charge in [-0.1, -0.05) is 26.8 Å². The Labute approximate surface area is 170 Å². The van der Waals surface area contributed by atoms with Crippen LogP contribution in [0.2, 0.25) is 0 Å². The molecule has 2 N–H and O–H groups in total. The van der Waals surface area contributed by atoms with E-state index in [2.05, 4.69) is 5.32 Å². The van der Waals surface area contributed by atoms with Crippen molar-refractivity contribution in [2.75, 3.05) is 13.1 Å². The van der Waals surface area contributed by atoms with Gasteiger partial charge in [-0.3, -0.25) is 9.59 Å². The summed E-state index contributed by atoms with van der Waals surface area (Å²) in [6, 6.07) is 11.7. The molecule has 29 heavy (non-hydrogen) atoms. The summed E-state index contributed by atoms with van der Waals surface area (Å²) in [4.78, 5) is 38.0. The van der Waals surface area contributed by atoms with Crippen molar-refractivity contribution in [2.24, 2.45) is 5.41 Å². The maximum Gasteiger partial charge on any atom is 0.335 e. The summed E-state index contributed by atoms with van der Waals surface area (Å²) in [6.07, 6.45) is 0.689. The molecule has 0 saturated carbocycles. The second-order valence-electron chi connectivity index (χ2n) is 8.59. The number of nitrogens with zero attached hydrogens (tertiary/aromatic N) is 1. The maximum absolute atomic E-state index is 12.9. The summed E-state index contributed by atoms with van der Waals surface area (Å²) in [5.41, 5.74) is 3.18. The lowest BCUT2D eigenvalue weighted by Crippen LogP contribution is -2.36. The first kappa shape index (κ1) is 20.6. The van der Waals surface area contributed by atoms with Crippen LogP contribution in [0.5, 0.6) is 0 Å². The molecule has 0 bridgehead atoms. The van der Waals surface area contributed by atoms with Gasteiger partial charge >= 0.3 is 5.97 Å². The summed E-state index contributed by atoms with van der Waals surface area (Å²) in [7, 11) is 0. The Balaban J connectivity index is 1.69. The summed E-state index contributed by atoms with van der Waals surface area (Å²) in [5.74, 6) is -1.26. The van der Waals surface area contributed by atoms with Crippen LogP contribution in [-0.4, -0.2) is 40.9 Å². The van der Waals surface area contributed by atoms with Crippen LogP contribution < -0.4 is 5.32 Å². The number of benzene rings is 2. The summed E-state index contributed by atoms with van der Waals surface area (Å²) < 4.78 is 0. The van der Waals surface area contributed by atoms with Crippen molar-refractivity contribution in [3.8, 4) is 0 Å². The Morgan fingerprint density at radius 3 is 2.21 bits per heavy atom. The Morgan fingerprint density at radius 1 is 0.966 bits per heavy atom. The fourth-order valence-electron chi connectivity index (χ4n) is 3.26. The van der Waals surface area contributed by atoms with Crippen molar-refractivity contribution in [1.29, 1.82) is 0 Å². The highest BCUT2D eigenvalue weighted by Crippen LogP contribution is 2.22. The Hall–Kier alpha value is -3.15. The third-order valence-electron chi connectivity index (χ3n) is 4.93. The molecule has 0 unspecified atom stereocenters. The van der Waals surface area contributed by atoms with Gasteiger partial charge in [-0.2, -0.15) is 0 Å². The van der Waals surface area contributed by atoms with Crippen molar-refractivity contribution in [3.63, 3.8) is 0 Å². The largest absolute Gasteiger partial charge is 0.478 e. The molecule has 2 aromatic carbocycles. The molecule has 152 valence electrons. The SMILES string of the molecule is CC(C)(C)CNC(=O)c1ccc(C(=O)N2CCc3ccc(C(=O)O)cc3C2)cc1. The molecule has 0 fully saturated rings. The normalized spacial score (nSPS) is 13.6. The molecule has 6 heteroatoms. The molecule has 1 heterocycles. The van der Waals surface area contributed by atoms with Crippen LogP contribution in [0.4, 0.5) is 0 Å². The molecule has 2 aromatic rings. The summed E-state index contributed by atoms with van der Waals surface area (Å²) in [6.45, 7) is 7.66. The minimum Gasteiger partial charge on any atom is -0.478 e. The van der Waals surface area contributed by atoms with Gasteiger partial charge in [-0.05, 0) is 59.4 Å². The molecular formula is C23H26N2O4. The minimum atomic E-state index is -0.975. The maximum atomic E-state index is 12.9. The van der Waals surface area contributed by atoms with E-state index in [9.17, 15) is 19.5 Å². The Bertz CT molecular complexity index is 942. The molecule has 2 amide bonds. The van der Waals surface area contributed by atoms with Crippen LogP contribution in [0.3, 0.4) is 0 Å². The monoisotopic (exact) mass is 394 g/mol. The van der Waals surface area contributed by atoms with E-state index in [0.717, 1.165) is 11.1 Å². The second kappa shape index (κ2) is 8.07. The first-order valence-electron chi connectivity index (χ1n) is 9.67. The van der Waals surface area contributed by atoms with Crippen LogP contribution >= 0.6 is 0 Å². The number of carboxylic acid groups (broad SMARTS) is 1. The number of hydrogen-bond acceptors (Lipinski definition) is 3. The van der Waals surface area contributed by atoms with Gasteiger partial charge in [0.1, 0.15) is 0 Å². The molecule has 0 aliphatic carbocycles. The molecule has 0 saturated heterocycles. The number of fused-ring (bicyclic) bond motifs is 1. The number of carboxylic acids is 1. The van der Waals surface area contributed by atoms with Gasteiger partial charge in [-0.25, -0.2) is 4.79 Å². The van der Waals surface area contributed by atoms with Crippen molar-refractivity contribution >= 4 is 17.8 Å². The highest BCUT2D eigenvalue weighted by atomic mass is 16.4. The molecule has 0 atom stereocenters. The molecule has 3 rings (SSSR count). The Morgan fingerprint density at radius 2 is 1.59 bits per heavy atom. The topological polar surface area (TPSA) is 86.7 Å². The third-order valence-corrected chi connectivity index (χ3v) is 4.93. The number of nitrogens with one attached hydrogen (secondary N) is 1. The fourth-order valence-corrected chi connectivity index (χ4v) is 3.26. The van der Waals surface area contributed by atoms with Gasteiger partial charge in [0.05, 0.1) is 5.56 Å². The van der Waals surface area contributed by atoms with E-state index in [0.29, 0.717) is 37.2 Å². The average molecular weight is 394 g/mol. The average Bonchev–Trinajstić information content (AvgIpc) is 2.70. The van der Waals surface area contributed by atoms with Gasteiger partial charge < -0.3 is 15.3 Å². The highest BCUT2D eigenvalue weighted by molar-refractivity contribution is 5.98. The predicted octanol–water partition coefficient (Wildman–Crippen LogP) is 3.36. The number of amides is 2. The van der Waals surface area contributed by atoms with E-state index in [-0.39, 0.29) is 22.8 Å². The van der Waals surface area contributed by atoms with Gasteiger partial charge in [0.25, 0.3) is 11.8 Å². The highest BCUT2D eigenvalue weighted by Gasteiger charge is 2.23. The smallest absolute Gasteiger partial charge is 0.335 e. The lowest BCUT2D eigenvalue weighted by Gasteiger charge is -2.29. The van der Waals surface area contributed by atoms with Crippen LogP contribution in [0.25, 0.3) is 0 Å². The zero-order chi connectivity index (χ0) is 21.2. The standard InChI is InChI=1S/C23H26N2O4/c1-23(2,3)14-24-20(26)16-5-7-17(8-6-16)21(27)25-11-10-15-4-9-18(22(28)29)12-19(15)13-25/h4-9,12H,10-11,13-14H2,1-3H3,(H,24,26)(H,28,29). The van der Waals surface area contributed by atoms with E-state index in [4.69, 9.17) is 0 Å². The van der Waals surface area contributed by atoms with Crippen molar-refractivity contribution in [2.45, 2.75) is 33.7 Å². The van der Waals surface area contributed by atoms with Crippen LogP contribution in [0, 0.1) is 5.41 Å². The molecule has 1 aliphatic heterocycles. The molecule has 6 nitrogen and oxygen atoms in total. The predicted molar refractivity (Wildman–Crippen MR) is 110 cm³/mol. The lowest BCUT2D eigenvalue weighted by molar-refractivity contribution is 0.0696. The van der Waals surface area contributed by atoms with Gasteiger partial charge in [0.2, 0.25) is 0 Å². The summed E-state index contributed by atoms with van der Waals surface area (Å²) >= 11 is 0. The second-order valence-corrected chi connectivity index (χ2v) is 8.59. The van der Waals surface area contributed by atoms with Crippen LogP contribution in [0.15, 0.2) is 42.5 Å². The molecule has 0 radical (unpaired) electrons. The van der Waals surface area contributed by atoms with Crippen LogP contribution in [-0.2, 0) is 13.0 Å². The number of rotatable bonds is 4. The van der Waals surface area contributed by atoms with E-state index in [1.165, 1.54) is 0 Å². The quantitative estimate of drug-likeness (QED) is 0.833. The molecular weight excluding hydrogens is 368 g/mol. The zero-order valence-corrected chi connectivity index (χ0v) is 17.0. The van der Waals surface area contributed by atoms with Crippen molar-refractivity contribution < 1.29 is 19.5 Å². The number of carbonyl (C=O) groups excluding carboxylic acids is 2. The molecule has 0 aromatic heterocycles. The van der Waals surface area contributed by atoms with Gasteiger partial charge in [-0.15, -0.1) is 0 Å². The lowest BCUT2D eigenvalue weighted by atomic mass is 9.96. The Kier molecular flexibility index (Phi) is 5.73. The van der Waals surface area contributed by atoms with Gasteiger partial charge in [0.15, 0.2) is 0 Å².